The van der Waals surface area contributed by atoms with Gasteiger partial charge >= 0.3 is 26.2 Å². The van der Waals surface area contributed by atoms with Gasteiger partial charge in [-0.05, 0) is 25.0 Å². The van der Waals surface area contributed by atoms with Crippen molar-refractivity contribution >= 4 is 11.9 Å². The van der Waals surface area contributed by atoms with Crippen LogP contribution >= 0.6 is 0 Å². The molecule has 6 nitrogen and oxygen atoms in total. The van der Waals surface area contributed by atoms with Gasteiger partial charge in [-0.25, -0.2) is 0 Å². The van der Waals surface area contributed by atoms with Crippen molar-refractivity contribution in [2.45, 2.75) is 90.9 Å². The van der Waals surface area contributed by atoms with Crippen LogP contribution in [0.1, 0.15) is 90.9 Å². The predicted octanol–water partition coefficient (Wildman–Crippen LogP) is 2.52. The molecular formula is C22H42O6Zr. The van der Waals surface area contributed by atoms with Crippen molar-refractivity contribution in [2.24, 2.45) is 0 Å². The maximum absolute atomic E-state index is 9.14. The first-order chi connectivity index (χ1) is 13.4. The van der Waals surface area contributed by atoms with Crippen LogP contribution in [0.2, 0.25) is 0 Å². The first kappa shape index (κ1) is 38.8. The second-order valence-corrected chi connectivity index (χ2v) is 6.03. The number of aliphatic hydroxyl groups is 2. The third-order valence-corrected chi connectivity index (χ3v) is 3.36. The maximum atomic E-state index is 9.14. The minimum Gasteiger partial charge on any atom is -0.545 e. The smallest absolute Gasteiger partial charge is 0.545 e. The van der Waals surface area contributed by atoms with E-state index in [1.807, 2.05) is 0 Å². The van der Waals surface area contributed by atoms with Gasteiger partial charge in [0.2, 0.25) is 0 Å². The minimum atomic E-state index is -1.23. The Balaban J connectivity index is -0.0000000907. The van der Waals surface area contributed by atoms with E-state index >= 15 is 0 Å². The van der Waals surface area contributed by atoms with Crippen molar-refractivity contribution in [3.05, 3.63) is 25.3 Å². The van der Waals surface area contributed by atoms with Crippen LogP contribution in [0.4, 0.5) is 0 Å². The van der Waals surface area contributed by atoms with Crippen LogP contribution in [-0.2, 0) is 35.8 Å². The van der Waals surface area contributed by atoms with Crippen molar-refractivity contribution < 1.29 is 56.2 Å². The SMILES string of the molecule is C=CC(=O)[O-].C=CC(=O)[O-].CCCCCCCCO.CCCCCCCCO.[Zr+2]. The van der Waals surface area contributed by atoms with E-state index < -0.39 is 11.9 Å². The quantitative estimate of drug-likeness (QED) is 0.283. The van der Waals surface area contributed by atoms with E-state index in [1.54, 1.807) is 0 Å². The fraction of sp³-hybridized carbons (Fsp3) is 0.727. The standard InChI is InChI=1S/2C8H18O.2C3H4O2.Zr/c2*1-2-3-4-5-6-7-8-9;2*1-2-3(4)5;/h2*9H,2-8H2,1H3;2*2H,1H2,(H,4,5);/q;;;;+2/p-2. The Bertz CT molecular complexity index is 291. The third-order valence-electron chi connectivity index (χ3n) is 3.36. The molecule has 0 radical (unpaired) electrons. The zero-order valence-electron chi connectivity index (χ0n) is 18.5. The summed E-state index contributed by atoms with van der Waals surface area (Å²) >= 11 is 0. The number of carboxylic acids is 2. The Morgan fingerprint density at radius 3 is 1.03 bits per heavy atom. The summed E-state index contributed by atoms with van der Waals surface area (Å²) in [6, 6.07) is 0. The van der Waals surface area contributed by atoms with Crippen LogP contribution in [0.25, 0.3) is 0 Å². The number of aliphatic hydroxyl groups excluding tert-OH is 2. The van der Waals surface area contributed by atoms with E-state index in [-0.39, 0.29) is 26.2 Å². The zero-order valence-corrected chi connectivity index (χ0v) is 21.0. The Hall–Kier alpha value is -0.777. The summed E-state index contributed by atoms with van der Waals surface area (Å²) in [6.45, 7) is 11.0. The average molecular weight is 494 g/mol. The van der Waals surface area contributed by atoms with E-state index in [2.05, 4.69) is 27.0 Å². The molecule has 0 aromatic heterocycles. The molecule has 0 aliphatic carbocycles. The second kappa shape index (κ2) is 41.6. The molecule has 170 valence electrons. The van der Waals surface area contributed by atoms with Gasteiger partial charge in [0, 0.05) is 13.2 Å². The molecule has 0 aromatic rings. The van der Waals surface area contributed by atoms with Gasteiger partial charge in [-0.1, -0.05) is 91.2 Å². The van der Waals surface area contributed by atoms with Crippen molar-refractivity contribution in [2.75, 3.05) is 13.2 Å². The molecule has 0 spiro atoms. The van der Waals surface area contributed by atoms with Gasteiger partial charge in [-0.3, -0.25) is 0 Å². The Kier molecular flexibility index (Phi) is 55.6. The molecule has 0 amide bonds. The summed E-state index contributed by atoms with van der Waals surface area (Å²) in [5, 5.41) is 35.1. The van der Waals surface area contributed by atoms with Gasteiger partial charge < -0.3 is 30.0 Å². The zero-order chi connectivity index (χ0) is 22.5. The molecule has 29 heavy (non-hydrogen) atoms. The summed E-state index contributed by atoms with van der Waals surface area (Å²) in [4.78, 5) is 18.3. The third kappa shape index (κ3) is 74.7. The number of carbonyl (C=O) groups is 2. The van der Waals surface area contributed by atoms with E-state index in [0.29, 0.717) is 13.2 Å². The van der Waals surface area contributed by atoms with E-state index in [0.717, 1.165) is 25.0 Å². The first-order valence-corrected chi connectivity index (χ1v) is 10.3. The molecule has 0 aliphatic heterocycles. The van der Waals surface area contributed by atoms with Crippen LogP contribution in [0, 0.1) is 0 Å². The Morgan fingerprint density at radius 2 is 0.862 bits per heavy atom. The number of rotatable bonds is 14. The predicted molar refractivity (Wildman–Crippen MR) is 111 cm³/mol. The van der Waals surface area contributed by atoms with E-state index in [1.165, 1.54) is 64.2 Å². The molecule has 0 rings (SSSR count). The monoisotopic (exact) mass is 492 g/mol. The van der Waals surface area contributed by atoms with Crippen LogP contribution < -0.4 is 10.2 Å². The summed E-state index contributed by atoms with van der Waals surface area (Å²) < 4.78 is 0. The number of unbranched alkanes of at least 4 members (excludes halogenated alkanes) is 10. The minimum absolute atomic E-state index is 0. The van der Waals surface area contributed by atoms with Gasteiger partial charge in [-0.2, -0.15) is 0 Å². The second-order valence-electron chi connectivity index (χ2n) is 6.03. The maximum Gasteiger partial charge on any atom is 2.00 e. The van der Waals surface area contributed by atoms with Gasteiger partial charge in [0.1, 0.15) is 0 Å². The van der Waals surface area contributed by atoms with Crippen LogP contribution in [-0.4, -0.2) is 35.4 Å². The molecule has 0 heterocycles. The summed E-state index contributed by atoms with van der Waals surface area (Å²) in [5.74, 6) is -2.46. The molecule has 2 N–H and O–H groups in total. The average Bonchev–Trinajstić information content (AvgIpc) is 2.69. The molecule has 0 fully saturated rings. The van der Waals surface area contributed by atoms with Crippen LogP contribution in [0.5, 0.6) is 0 Å². The van der Waals surface area contributed by atoms with Gasteiger partial charge in [0.15, 0.2) is 0 Å². The van der Waals surface area contributed by atoms with E-state index in [9.17, 15) is 0 Å². The fourth-order valence-electron chi connectivity index (χ4n) is 1.78. The molecule has 0 aliphatic rings. The number of hydrogen-bond acceptors (Lipinski definition) is 6. The number of carboxylic acid groups (broad SMARTS) is 2. The summed E-state index contributed by atoms with van der Waals surface area (Å²) in [5.41, 5.74) is 0. The normalized spacial score (nSPS) is 8.41. The first-order valence-electron chi connectivity index (χ1n) is 10.3. The topological polar surface area (TPSA) is 121 Å². The van der Waals surface area contributed by atoms with Gasteiger partial charge in [-0.15, -0.1) is 0 Å². The summed E-state index contributed by atoms with van der Waals surface area (Å²) in [7, 11) is 0. The van der Waals surface area contributed by atoms with Gasteiger partial charge in [0.25, 0.3) is 0 Å². The molecular weight excluding hydrogens is 451 g/mol. The molecule has 0 atom stereocenters. The molecule has 0 bridgehead atoms. The molecule has 0 aromatic carbocycles. The largest absolute Gasteiger partial charge is 2.00 e. The van der Waals surface area contributed by atoms with Crippen molar-refractivity contribution in [3.63, 3.8) is 0 Å². The molecule has 0 saturated carbocycles. The van der Waals surface area contributed by atoms with Gasteiger partial charge in [0.05, 0.1) is 11.9 Å². The fourth-order valence-corrected chi connectivity index (χ4v) is 1.78. The van der Waals surface area contributed by atoms with Crippen molar-refractivity contribution in [1.29, 1.82) is 0 Å². The van der Waals surface area contributed by atoms with Crippen LogP contribution in [0.15, 0.2) is 25.3 Å². The molecule has 0 unspecified atom stereocenters. The molecule has 0 saturated heterocycles. The van der Waals surface area contributed by atoms with Crippen molar-refractivity contribution in [1.82, 2.24) is 0 Å². The molecule has 7 heteroatoms. The number of hydrogen-bond donors (Lipinski definition) is 2. The number of aliphatic carboxylic acids is 2. The Morgan fingerprint density at radius 1 is 0.655 bits per heavy atom. The van der Waals surface area contributed by atoms with Crippen LogP contribution in [0.3, 0.4) is 0 Å². The van der Waals surface area contributed by atoms with Crippen molar-refractivity contribution in [3.8, 4) is 0 Å². The Labute approximate surface area is 197 Å². The van der Waals surface area contributed by atoms with E-state index in [4.69, 9.17) is 30.0 Å². The summed E-state index contributed by atoms with van der Waals surface area (Å²) in [6.07, 6.45) is 16.4. The number of carbonyl (C=O) groups excluding carboxylic acids is 2.